The van der Waals surface area contributed by atoms with E-state index in [1.165, 1.54) is 180 Å². The molecule has 0 amide bonds. The van der Waals surface area contributed by atoms with Crippen molar-refractivity contribution in [1.82, 2.24) is 0 Å². The molecule has 0 saturated heterocycles. The van der Waals surface area contributed by atoms with Gasteiger partial charge in [-0.2, -0.15) is 0 Å². The van der Waals surface area contributed by atoms with Crippen LogP contribution >= 0.6 is 0 Å². The van der Waals surface area contributed by atoms with Crippen LogP contribution < -0.4 is 0 Å². The molecule has 0 fully saturated rings. The molecule has 6 nitrogen and oxygen atoms in total. The van der Waals surface area contributed by atoms with Gasteiger partial charge in [0.2, 0.25) is 0 Å². The highest BCUT2D eigenvalue weighted by molar-refractivity contribution is 5.71. The van der Waals surface area contributed by atoms with Gasteiger partial charge in [-0.3, -0.25) is 14.4 Å². The van der Waals surface area contributed by atoms with Crippen LogP contribution in [0.4, 0.5) is 0 Å². The minimum atomic E-state index is -0.776. The zero-order valence-electron chi connectivity index (χ0n) is 46.5. The Kier molecular flexibility index (Phi) is 56.3. The lowest BCUT2D eigenvalue weighted by molar-refractivity contribution is -0.167. The van der Waals surface area contributed by atoms with Gasteiger partial charge < -0.3 is 14.2 Å². The highest BCUT2D eigenvalue weighted by atomic mass is 16.6. The molecule has 0 aromatic heterocycles. The second-order valence-corrected chi connectivity index (χ2v) is 20.2. The average molecular weight is 980 g/mol. The smallest absolute Gasteiger partial charge is 0.306 e. The van der Waals surface area contributed by atoms with Crippen LogP contribution in [-0.2, 0) is 28.6 Å². The van der Waals surface area contributed by atoms with Crippen molar-refractivity contribution >= 4 is 17.9 Å². The lowest BCUT2D eigenvalue weighted by Crippen LogP contribution is -2.30. The summed E-state index contributed by atoms with van der Waals surface area (Å²) in [5, 5.41) is 0. The molecule has 0 radical (unpaired) electrons. The molecule has 0 N–H and O–H groups in total. The van der Waals surface area contributed by atoms with Crippen LogP contribution in [0.1, 0.15) is 310 Å². The molecule has 6 heteroatoms. The van der Waals surface area contributed by atoms with Gasteiger partial charge in [0, 0.05) is 19.3 Å². The van der Waals surface area contributed by atoms with Gasteiger partial charge in [-0.15, -0.1) is 0 Å². The highest BCUT2D eigenvalue weighted by Crippen LogP contribution is 2.16. The molecule has 0 saturated carbocycles. The first kappa shape index (κ1) is 67.1. The van der Waals surface area contributed by atoms with E-state index < -0.39 is 6.10 Å². The molecule has 0 aromatic rings. The van der Waals surface area contributed by atoms with E-state index >= 15 is 0 Å². The van der Waals surface area contributed by atoms with Crippen molar-refractivity contribution in [2.45, 2.75) is 316 Å². The summed E-state index contributed by atoms with van der Waals surface area (Å²) in [5.74, 6) is -0.873. The molecule has 0 bridgehead atoms. The van der Waals surface area contributed by atoms with Gasteiger partial charge in [0.15, 0.2) is 6.10 Å². The molecular formula is C64H114O6. The minimum absolute atomic E-state index is 0.0748. The number of esters is 3. The number of ether oxygens (including phenoxy) is 3. The predicted octanol–water partition coefficient (Wildman–Crippen LogP) is 20.4. The first-order valence-corrected chi connectivity index (χ1v) is 30.3. The molecule has 1 atom stereocenters. The molecule has 0 aliphatic carbocycles. The Bertz CT molecular complexity index is 1260. The van der Waals surface area contributed by atoms with E-state index in [2.05, 4.69) is 81.5 Å². The van der Waals surface area contributed by atoms with E-state index in [0.29, 0.717) is 19.3 Å². The Hall–Kier alpha value is -2.89. The number of hydrogen-bond acceptors (Lipinski definition) is 6. The van der Waals surface area contributed by atoms with E-state index in [-0.39, 0.29) is 31.1 Å². The molecule has 0 spiro atoms. The number of carbonyl (C=O) groups excluding carboxylic acids is 3. The summed E-state index contributed by atoms with van der Waals surface area (Å²) in [6, 6.07) is 0. The molecule has 0 aromatic carbocycles. The highest BCUT2D eigenvalue weighted by Gasteiger charge is 2.19. The fourth-order valence-corrected chi connectivity index (χ4v) is 8.72. The normalized spacial score (nSPS) is 12.4. The number of hydrogen-bond donors (Lipinski definition) is 0. The molecule has 70 heavy (non-hydrogen) atoms. The fourth-order valence-electron chi connectivity index (χ4n) is 8.72. The van der Waals surface area contributed by atoms with Gasteiger partial charge >= 0.3 is 17.9 Å². The maximum Gasteiger partial charge on any atom is 0.306 e. The molecule has 1 unspecified atom stereocenters. The van der Waals surface area contributed by atoms with Crippen LogP contribution in [0, 0.1) is 0 Å². The van der Waals surface area contributed by atoms with Crippen molar-refractivity contribution < 1.29 is 28.6 Å². The third-order valence-electron chi connectivity index (χ3n) is 13.3. The van der Waals surface area contributed by atoms with E-state index in [1.807, 2.05) is 0 Å². The van der Waals surface area contributed by atoms with Gasteiger partial charge in [-0.1, -0.05) is 268 Å². The van der Waals surface area contributed by atoms with Gasteiger partial charge in [0.05, 0.1) is 0 Å². The number of carbonyl (C=O) groups is 3. The first-order valence-electron chi connectivity index (χ1n) is 30.3. The third-order valence-corrected chi connectivity index (χ3v) is 13.3. The summed E-state index contributed by atoms with van der Waals surface area (Å²) >= 11 is 0. The predicted molar refractivity (Wildman–Crippen MR) is 302 cm³/mol. The van der Waals surface area contributed by atoms with Crippen LogP contribution in [0.5, 0.6) is 0 Å². The zero-order chi connectivity index (χ0) is 50.7. The summed E-state index contributed by atoms with van der Waals surface area (Å²) in [5.41, 5.74) is 0. The van der Waals surface area contributed by atoms with Gasteiger partial charge in [0.25, 0.3) is 0 Å². The number of rotatable bonds is 55. The molecular weight excluding hydrogens is 865 g/mol. The van der Waals surface area contributed by atoms with Gasteiger partial charge in [0.1, 0.15) is 13.2 Å². The van der Waals surface area contributed by atoms with Crippen LogP contribution in [-0.4, -0.2) is 37.2 Å². The van der Waals surface area contributed by atoms with Crippen molar-refractivity contribution in [2.24, 2.45) is 0 Å². The number of allylic oxidation sites excluding steroid dienone is 10. The average Bonchev–Trinajstić information content (AvgIpc) is 3.36. The summed E-state index contributed by atoms with van der Waals surface area (Å²) in [6.07, 6.45) is 73.6. The van der Waals surface area contributed by atoms with E-state index in [4.69, 9.17) is 14.2 Å². The van der Waals surface area contributed by atoms with Gasteiger partial charge in [-0.25, -0.2) is 0 Å². The van der Waals surface area contributed by atoms with Crippen LogP contribution in [0.15, 0.2) is 60.8 Å². The molecule has 0 aliphatic heterocycles. The van der Waals surface area contributed by atoms with Crippen molar-refractivity contribution in [3.8, 4) is 0 Å². The van der Waals surface area contributed by atoms with Crippen LogP contribution in [0.25, 0.3) is 0 Å². The Morgan fingerprint density at radius 2 is 0.557 bits per heavy atom. The van der Waals surface area contributed by atoms with E-state index in [9.17, 15) is 14.4 Å². The summed E-state index contributed by atoms with van der Waals surface area (Å²) < 4.78 is 16.9. The van der Waals surface area contributed by atoms with E-state index in [0.717, 1.165) is 89.9 Å². The zero-order valence-corrected chi connectivity index (χ0v) is 46.5. The first-order chi connectivity index (χ1) is 34.5. The second-order valence-electron chi connectivity index (χ2n) is 20.2. The summed E-state index contributed by atoms with van der Waals surface area (Å²) in [7, 11) is 0. The van der Waals surface area contributed by atoms with Crippen LogP contribution in [0.3, 0.4) is 0 Å². The largest absolute Gasteiger partial charge is 0.462 e. The second kappa shape index (κ2) is 58.7. The fraction of sp³-hybridized carbons (Fsp3) is 0.797. The Morgan fingerprint density at radius 3 is 0.886 bits per heavy atom. The maximum absolute atomic E-state index is 12.9. The van der Waals surface area contributed by atoms with Gasteiger partial charge in [-0.05, 0) is 83.5 Å². The van der Waals surface area contributed by atoms with Crippen molar-refractivity contribution in [3.63, 3.8) is 0 Å². The van der Waals surface area contributed by atoms with Crippen molar-refractivity contribution in [3.05, 3.63) is 60.8 Å². The Morgan fingerprint density at radius 1 is 0.300 bits per heavy atom. The minimum Gasteiger partial charge on any atom is -0.462 e. The molecule has 406 valence electrons. The SMILES string of the molecule is CC/C=C\C/C=C\C/C=C\C/C=C\CCCCCCCCCCC(=O)OCC(COC(=O)CCCCCCCCCCCC)OC(=O)CCCCCCCCCCC/C=C\CCCCCCCCCC. The monoisotopic (exact) mass is 979 g/mol. The maximum atomic E-state index is 12.9. The quantitative estimate of drug-likeness (QED) is 0.0261. The molecule has 0 heterocycles. The molecule has 0 aliphatic rings. The lowest BCUT2D eigenvalue weighted by atomic mass is 10.1. The third kappa shape index (κ3) is 56.0. The van der Waals surface area contributed by atoms with E-state index in [1.54, 1.807) is 0 Å². The summed E-state index contributed by atoms with van der Waals surface area (Å²) in [6.45, 7) is 6.54. The van der Waals surface area contributed by atoms with Crippen molar-refractivity contribution in [2.75, 3.05) is 13.2 Å². The Labute approximate surface area is 434 Å². The van der Waals surface area contributed by atoms with Crippen LogP contribution in [0.2, 0.25) is 0 Å². The summed E-state index contributed by atoms with van der Waals surface area (Å²) in [4.78, 5) is 38.2. The van der Waals surface area contributed by atoms with Crippen molar-refractivity contribution in [1.29, 1.82) is 0 Å². The molecule has 0 rings (SSSR count). The lowest BCUT2D eigenvalue weighted by Gasteiger charge is -2.18. The topological polar surface area (TPSA) is 78.9 Å². The Balaban J connectivity index is 4.28. The number of unbranched alkanes of at least 4 members (excludes halogenated alkanes) is 34. The standard InChI is InChI=1S/C64H114O6/c1-4-7-10-13-16-19-22-24-26-28-30-32-34-36-38-40-42-45-48-51-54-57-63(66)69-60-61(59-68-62(65)56-53-50-47-44-21-18-15-12-9-6-3)70-64(67)58-55-52-49-46-43-41-39-37-35-33-31-29-27-25-23-20-17-14-11-8-5-2/h7,10,16,19,24,26,29-32,61H,4-6,8-9,11-15,17-18,20-23,25,27-28,33-60H2,1-3H3/b10-7-,19-16-,26-24-,31-29-,32-30-.